The number of nitrogens with two attached hydrogens (primary N) is 1. The summed E-state index contributed by atoms with van der Waals surface area (Å²) in [6.45, 7) is 2.73. The van der Waals surface area contributed by atoms with Crippen LogP contribution in [0, 0.1) is 5.41 Å². The number of β-amino-alcohol motifs (C(OH)–C–C–N with tert-alkyl or cyclic N) is 1. The van der Waals surface area contributed by atoms with Crippen LogP contribution in [0.3, 0.4) is 0 Å². The second-order valence-electron chi connectivity index (χ2n) is 8.21. The van der Waals surface area contributed by atoms with Crippen molar-refractivity contribution < 1.29 is 13.5 Å². The van der Waals surface area contributed by atoms with Gasteiger partial charge in [-0.25, -0.2) is 8.42 Å². The number of sulfonamides is 1. The van der Waals surface area contributed by atoms with E-state index in [4.69, 9.17) is 11.1 Å². The number of nitrogen functional groups attached to an aromatic ring is 1. The third-order valence-electron chi connectivity index (χ3n) is 5.91. The average Bonchev–Trinajstić information content (AvgIpc) is 2.83. The molecule has 1 atom stereocenters. The van der Waals surface area contributed by atoms with E-state index in [1.54, 1.807) is 24.3 Å². The molecule has 0 aliphatic carbocycles. The number of rotatable bonds is 8. The molecule has 174 valence electrons. The Morgan fingerprint density at radius 1 is 1.00 bits per heavy atom. The van der Waals surface area contributed by atoms with Crippen molar-refractivity contribution in [3.8, 4) is 0 Å². The molecule has 0 radical (unpaired) electrons. The standard InChI is InChI=1S/C24H29N5O3S/c25-24(26)19-8-10-20(11-9-19)27-16-21(30)17-28-12-14-29(15-13-28)33(31,32)23-7-3-5-18-4-1-2-6-22(18)23/h1-11,21,27,30H,12-17H2,(H3,25,26). The Morgan fingerprint density at radius 3 is 2.36 bits per heavy atom. The van der Waals surface area contributed by atoms with E-state index in [0.717, 1.165) is 16.5 Å². The Morgan fingerprint density at radius 2 is 1.67 bits per heavy atom. The van der Waals surface area contributed by atoms with Gasteiger partial charge in [-0.3, -0.25) is 10.3 Å². The second kappa shape index (κ2) is 9.88. The van der Waals surface area contributed by atoms with Crippen LogP contribution in [0.5, 0.6) is 0 Å². The first kappa shape index (κ1) is 23.2. The molecule has 0 spiro atoms. The summed E-state index contributed by atoms with van der Waals surface area (Å²) >= 11 is 0. The van der Waals surface area contributed by atoms with Crippen molar-refractivity contribution in [1.29, 1.82) is 5.41 Å². The zero-order valence-electron chi connectivity index (χ0n) is 18.3. The maximum atomic E-state index is 13.3. The summed E-state index contributed by atoms with van der Waals surface area (Å²) in [5.74, 6) is 0.0168. The highest BCUT2D eigenvalue weighted by Crippen LogP contribution is 2.26. The van der Waals surface area contributed by atoms with E-state index < -0.39 is 16.1 Å². The van der Waals surface area contributed by atoms with Crippen molar-refractivity contribution in [3.05, 3.63) is 72.3 Å². The van der Waals surface area contributed by atoms with Crippen LogP contribution in [0.2, 0.25) is 0 Å². The molecule has 0 amide bonds. The largest absolute Gasteiger partial charge is 0.390 e. The number of amidine groups is 1. The van der Waals surface area contributed by atoms with E-state index >= 15 is 0 Å². The number of nitrogens with zero attached hydrogens (tertiary/aromatic N) is 2. The lowest BCUT2D eigenvalue weighted by Gasteiger charge is -2.35. The van der Waals surface area contributed by atoms with E-state index in [-0.39, 0.29) is 5.84 Å². The van der Waals surface area contributed by atoms with Crippen molar-refractivity contribution in [2.75, 3.05) is 44.6 Å². The molecule has 1 aliphatic heterocycles. The molecule has 3 aromatic rings. The Labute approximate surface area is 194 Å². The van der Waals surface area contributed by atoms with Crippen molar-refractivity contribution >= 4 is 32.3 Å². The number of piperazine rings is 1. The van der Waals surface area contributed by atoms with Gasteiger partial charge in [0.2, 0.25) is 10.0 Å². The zero-order valence-corrected chi connectivity index (χ0v) is 19.1. The first-order valence-electron chi connectivity index (χ1n) is 10.9. The van der Waals surface area contributed by atoms with Gasteiger partial charge < -0.3 is 16.2 Å². The Hall–Kier alpha value is -2.98. The normalized spacial score (nSPS) is 16.5. The van der Waals surface area contributed by atoms with E-state index in [9.17, 15) is 13.5 Å². The van der Waals surface area contributed by atoms with Crippen molar-refractivity contribution in [2.45, 2.75) is 11.0 Å². The molecule has 1 aliphatic rings. The number of aliphatic hydroxyl groups is 1. The maximum absolute atomic E-state index is 13.3. The molecule has 3 aromatic carbocycles. The van der Waals surface area contributed by atoms with Gasteiger partial charge in [0.05, 0.1) is 11.0 Å². The van der Waals surface area contributed by atoms with E-state index in [1.807, 2.05) is 42.5 Å². The van der Waals surface area contributed by atoms with Crippen molar-refractivity contribution in [1.82, 2.24) is 9.21 Å². The van der Waals surface area contributed by atoms with Gasteiger partial charge in [-0.15, -0.1) is 0 Å². The minimum absolute atomic E-state index is 0.0168. The number of fused-ring (bicyclic) bond motifs is 1. The predicted molar refractivity (Wildman–Crippen MR) is 131 cm³/mol. The predicted octanol–water partition coefficient (Wildman–Crippen LogP) is 1.90. The fourth-order valence-electron chi connectivity index (χ4n) is 4.08. The molecule has 1 unspecified atom stereocenters. The SMILES string of the molecule is N=C(N)c1ccc(NCC(O)CN2CCN(S(=O)(=O)c3cccc4ccccc34)CC2)cc1. The molecule has 1 fully saturated rings. The first-order valence-corrected chi connectivity index (χ1v) is 12.4. The molecule has 4 rings (SSSR count). The minimum Gasteiger partial charge on any atom is -0.390 e. The highest BCUT2D eigenvalue weighted by atomic mass is 32.2. The second-order valence-corrected chi connectivity index (χ2v) is 10.1. The Balaban J connectivity index is 1.30. The molecular weight excluding hydrogens is 438 g/mol. The van der Waals surface area contributed by atoms with Crippen LogP contribution in [0.25, 0.3) is 10.8 Å². The van der Waals surface area contributed by atoms with Crippen LogP contribution in [0.4, 0.5) is 5.69 Å². The van der Waals surface area contributed by atoms with Gasteiger partial charge in [-0.2, -0.15) is 4.31 Å². The van der Waals surface area contributed by atoms with Gasteiger partial charge in [-0.05, 0) is 35.7 Å². The molecule has 9 heteroatoms. The van der Waals surface area contributed by atoms with Gasteiger partial charge in [-0.1, -0.05) is 36.4 Å². The number of nitrogens with one attached hydrogen (secondary N) is 2. The van der Waals surface area contributed by atoms with Gasteiger partial charge in [0.15, 0.2) is 0 Å². The third kappa shape index (κ3) is 5.33. The average molecular weight is 468 g/mol. The van der Waals surface area contributed by atoms with Crippen LogP contribution >= 0.6 is 0 Å². The van der Waals surface area contributed by atoms with Crippen LogP contribution in [0.1, 0.15) is 5.56 Å². The quantitative estimate of drug-likeness (QED) is 0.296. The fourth-order valence-corrected chi connectivity index (χ4v) is 5.71. The maximum Gasteiger partial charge on any atom is 0.243 e. The van der Waals surface area contributed by atoms with Gasteiger partial charge >= 0.3 is 0 Å². The van der Waals surface area contributed by atoms with E-state index in [2.05, 4.69) is 10.2 Å². The lowest BCUT2D eigenvalue weighted by molar-refractivity contribution is 0.0994. The summed E-state index contributed by atoms with van der Waals surface area (Å²) in [5.41, 5.74) is 6.95. The lowest BCUT2D eigenvalue weighted by Crippen LogP contribution is -2.50. The topological polar surface area (TPSA) is 123 Å². The molecular formula is C24H29N5O3S. The highest BCUT2D eigenvalue weighted by molar-refractivity contribution is 7.89. The molecule has 0 bridgehead atoms. The zero-order chi connectivity index (χ0) is 23.4. The number of aliphatic hydroxyl groups excluding tert-OH is 1. The number of benzene rings is 3. The smallest absolute Gasteiger partial charge is 0.243 e. The number of hydrogen-bond acceptors (Lipinski definition) is 6. The summed E-state index contributed by atoms with van der Waals surface area (Å²) in [5, 5.41) is 22.7. The summed E-state index contributed by atoms with van der Waals surface area (Å²) in [4.78, 5) is 2.43. The van der Waals surface area contributed by atoms with Crippen LogP contribution < -0.4 is 11.1 Å². The molecule has 1 heterocycles. The van der Waals surface area contributed by atoms with Gasteiger partial charge in [0, 0.05) is 55.9 Å². The molecule has 0 aromatic heterocycles. The minimum atomic E-state index is -3.59. The van der Waals surface area contributed by atoms with E-state index in [1.165, 1.54) is 4.31 Å². The third-order valence-corrected chi connectivity index (χ3v) is 7.86. The van der Waals surface area contributed by atoms with E-state index in [0.29, 0.717) is 49.7 Å². The monoisotopic (exact) mass is 467 g/mol. The highest BCUT2D eigenvalue weighted by Gasteiger charge is 2.30. The Kier molecular flexibility index (Phi) is 6.94. The van der Waals surface area contributed by atoms with Crippen molar-refractivity contribution in [2.24, 2.45) is 5.73 Å². The first-order chi connectivity index (χ1) is 15.8. The number of hydrogen-bond donors (Lipinski definition) is 4. The fraction of sp³-hybridized carbons (Fsp3) is 0.292. The lowest BCUT2D eigenvalue weighted by atomic mass is 10.1. The molecule has 33 heavy (non-hydrogen) atoms. The van der Waals surface area contributed by atoms with Crippen LogP contribution in [-0.4, -0.2) is 73.9 Å². The summed E-state index contributed by atoms with van der Waals surface area (Å²) in [6, 6.07) is 20.0. The van der Waals surface area contributed by atoms with Gasteiger partial charge in [0.1, 0.15) is 5.84 Å². The van der Waals surface area contributed by atoms with Crippen molar-refractivity contribution in [3.63, 3.8) is 0 Å². The molecule has 8 nitrogen and oxygen atoms in total. The summed E-state index contributed by atoms with van der Waals surface area (Å²) in [6.07, 6.45) is -0.598. The summed E-state index contributed by atoms with van der Waals surface area (Å²) in [7, 11) is -3.59. The molecule has 5 N–H and O–H groups in total. The van der Waals surface area contributed by atoms with Crippen LogP contribution in [-0.2, 0) is 10.0 Å². The number of anilines is 1. The van der Waals surface area contributed by atoms with Gasteiger partial charge in [0.25, 0.3) is 0 Å². The Bertz CT molecular complexity index is 1220. The molecule has 1 saturated heterocycles. The van der Waals surface area contributed by atoms with Crippen LogP contribution in [0.15, 0.2) is 71.6 Å². The molecule has 0 saturated carbocycles. The summed E-state index contributed by atoms with van der Waals surface area (Å²) < 4.78 is 28.1.